The minimum absolute atomic E-state index is 0.0566. The number of alkyl halides is 2. The van der Waals surface area contributed by atoms with Gasteiger partial charge >= 0.3 is 0 Å². The van der Waals surface area contributed by atoms with Gasteiger partial charge < -0.3 is 5.32 Å². The first-order chi connectivity index (χ1) is 5.56. The summed E-state index contributed by atoms with van der Waals surface area (Å²) in [6.07, 6.45) is 2.24. The molecule has 0 aromatic carbocycles. The Balaban J connectivity index is 2.41. The van der Waals surface area contributed by atoms with E-state index in [0.717, 1.165) is 6.42 Å². The van der Waals surface area contributed by atoms with Crippen molar-refractivity contribution in [3.05, 3.63) is 0 Å². The van der Waals surface area contributed by atoms with Crippen LogP contribution in [0.5, 0.6) is 0 Å². The maximum atomic E-state index is 13.0. The van der Waals surface area contributed by atoms with E-state index in [9.17, 15) is 8.78 Å². The molecule has 2 unspecified atom stereocenters. The Morgan fingerprint density at radius 2 is 2.25 bits per heavy atom. The van der Waals surface area contributed by atoms with Crippen LogP contribution in [0.25, 0.3) is 0 Å². The first-order valence-electron chi connectivity index (χ1n) is 4.70. The molecule has 0 bridgehead atoms. The summed E-state index contributed by atoms with van der Waals surface area (Å²) in [6.45, 7) is 3.96. The molecule has 0 heterocycles. The molecule has 1 nitrogen and oxygen atoms in total. The molecule has 1 saturated carbocycles. The van der Waals surface area contributed by atoms with Gasteiger partial charge in [0.1, 0.15) is 0 Å². The van der Waals surface area contributed by atoms with Gasteiger partial charge in [0, 0.05) is 12.5 Å². The number of hydrogen-bond acceptors (Lipinski definition) is 1. The highest BCUT2D eigenvalue weighted by Crippen LogP contribution is 2.35. The second kappa shape index (κ2) is 3.69. The first-order valence-corrected chi connectivity index (χ1v) is 4.70. The van der Waals surface area contributed by atoms with E-state index in [0.29, 0.717) is 12.8 Å². The molecule has 3 heteroatoms. The van der Waals surface area contributed by atoms with Crippen molar-refractivity contribution in [1.82, 2.24) is 5.32 Å². The van der Waals surface area contributed by atoms with Gasteiger partial charge in [0.05, 0.1) is 6.04 Å². The van der Waals surface area contributed by atoms with E-state index in [4.69, 9.17) is 0 Å². The molecule has 0 aromatic rings. The Morgan fingerprint density at radius 1 is 1.58 bits per heavy atom. The van der Waals surface area contributed by atoms with Crippen molar-refractivity contribution in [2.24, 2.45) is 0 Å². The third-order valence-electron chi connectivity index (χ3n) is 2.61. The van der Waals surface area contributed by atoms with Gasteiger partial charge in [-0.25, -0.2) is 8.78 Å². The van der Waals surface area contributed by atoms with Gasteiger partial charge in [-0.15, -0.1) is 0 Å². The van der Waals surface area contributed by atoms with Crippen molar-refractivity contribution in [3.8, 4) is 0 Å². The fourth-order valence-electron chi connectivity index (χ4n) is 1.59. The number of nitrogens with one attached hydrogen (secondary N) is 1. The molecule has 0 saturated heterocycles. The lowest BCUT2D eigenvalue weighted by Crippen LogP contribution is -2.44. The summed E-state index contributed by atoms with van der Waals surface area (Å²) in [5.41, 5.74) is 0. The minimum atomic E-state index is -2.47. The second-order valence-corrected chi connectivity index (χ2v) is 3.68. The normalized spacial score (nSPS) is 30.5. The SMILES string of the molecule is CCC(C)NC1CCCC1(F)F. The lowest BCUT2D eigenvalue weighted by molar-refractivity contribution is -0.0206. The summed E-state index contributed by atoms with van der Waals surface area (Å²) in [5, 5.41) is 2.97. The van der Waals surface area contributed by atoms with Crippen molar-refractivity contribution in [1.29, 1.82) is 0 Å². The van der Waals surface area contributed by atoms with E-state index in [2.05, 4.69) is 5.32 Å². The van der Waals surface area contributed by atoms with Crippen molar-refractivity contribution < 1.29 is 8.78 Å². The Labute approximate surface area is 72.5 Å². The second-order valence-electron chi connectivity index (χ2n) is 3.68. The third kappa shape index (κ3) is 2.16. The van der Waals surface area contributed by atoms with Crippen molar-refractivity contribution >= 4 is 0 Å². The Kier molecular flexibility index (Phi) is 3.04. The van der Waals surface area contributed by atoms with Crippen LogP contribution >= 0.6 is 0 Å². The molecule has 0 radical (unpaired) electrons. The molecule has 1 N–H and O–H groups in total. The highest BCUT2D eigenvalue weighted by molar-refractivity contribution is 4.90. The minimum Gasteiger partial charge on any atom is -0.306 e. The lowest BCUT2D eigenvalue weighted by atomic mass is 10.1. The van der Waals surface area contributed by atoms with Crippen molar-refractivity contribution in [3.63, 3.8) is 0 Å². The topological polar surface area (TPSA) is 12.0 Å². The molecular formula is C9H17F2N. The highest BCUT2D eigenvalue weighted by Gasteiger charge is 2.43. The molecule has 0 amide bonds. The van der Waals surface area contributed by atoms with Gasteiger partial charge in [-0.1, -0.05) is 6.92 Å². The Bertz CT molecular complexity index is 147. The van der Waals surface area contributed by atoms with Gasteiger partial charge in [0.25, 0.3) is 5.92 Å². The Morgan fingerprint density at radius 3 is 2.67 bits per heavy atom. The highest BCUT2D eigenvalue weighted by atomic mass is 19.3. The quantitative estimate of drug-likeness (QED) is 0.698. The zero-order valence-electron chi connectivity index (χ0n) is 7.74. The maximum absolute atomic E-state index is 13.0. The molecule has 72 valence electrons. The van der Waals surface area contributed by atoms with Gasteiger partial charge in [0.2, 0.25) is 0 Å². The average molecular weight is 177 g/mol. The van der Waals surface area contributed by atoms with Gasteiger partial charge in [0.15, 0.2) is 0 Å². The van der Waals surface area contributed by atoms with E-state index >= 15 is 0 Å². The van der Waals surface area contributed by atoms with Crippen molar-refractivity contribution in [2.75, 3.05) is 0 Å². The van der Waals surface area contributed by atoms with Gasteiger partial charge in [-0.05, 0) is 26.2 Å². The van der Waals surface area contributed by atoms with Gasteiger partial charge in [-0.3, -0.25) is 0 Å². The molecule has 0 aromatic heterocycles. The summed E-state index contributed by atoms with van der Waals surface area (Å²) >= 11 is 0. The Hall–Kier alpha value is -0.180. The molecule has 0 spiro atoms. The fourth-order valence-corrected chi connectivity index (χ4v) is 1.59. The third-order valence-corrected chi connectivity index (χ3v) is 2.61. The van der Waals surface area contributed by atoms with Gasteiger partial charge in [-0.2, -0.15) is 0 Å². The summed E-state index contributed by atoms with van der Waals surface area (Å²) < 4.78 is 26.1. The fraction of sp³-hybridized carbons (Fsp3) is 1.00. The zero-order valence-corrected chi connectivity index (χ0v) is 7.74. The van der Waals surface area contributed by atoms with Crippen molar-refractivity contribution in [2.45, 2.75) is 57.5 Å². The predicted molar refractivity (Wildman–Crippen MR) is 45.5 cm³/mol. The molecule has 12 heavy (non-hydrogen) atoms. The number of halogens is 2. The van der Waals surface area contributed by atoms with E-state index in [-0.39, 0.29) is 12.5 Å². The molecule has 1 aliphatic rings. The summed E-state index contributed by atoms with van der Waals surface area (Å²) in [6, 6.07) is -0.369. The smallest absolute Gasteiger partial charge is 0.263 e. The van der Waals surface area contributed by atoms with Crippen LogP contribution in [0.1, 0.15) is 39.5 Å². The summed E-state index contributed by atoms with van der Waals surface area (Å²) in [5.74, 6) is -2.47. The maximum Gasteiger partial charge on any atom is 0.263 e. The zero-order chi connectivity index (χ0) is 9.19. The van der Waals surface area contributed by atoms with E-state index < -0.39 is 12.0 Å². The monoisotopic (exact) mass is 177 g/mol. The largest absolute Gasteiger partial charge is 0.306 e. The van der Waals surface area contributed by atoms with Crippen LogP contribution in [-0.4, -0.2) is 18.0 Å². The predicted octanol–water partition coefficient (Wildman–Crippen LogP) is 2.56. The van der Waals surface area contributed by atoms with Crippen LogP contribution in [0.2, 0.25) is 0 Å². The van der Waals surface area contributed by atoms with Crippen LogP contribution < -0.4 is 5.32 Å². The number of rotatable bonds is 3. The van der Waals surface area contributed by atoms with Crippen LogP contribution in [0.4, 0.5) is 8.78 Å². The molecule has 2 atom stereocenters. The van der Waals surface area contributed by atoms with Crippen LogP contribution in [-0.2, 0) is 0 Å². The molecule has 1 aliphatic carbocycles. The summed E-state index contributed by atoms with van der Waals surface area (Å²) in [7, 11) is 0. The summed E-state index contributed by atoms with van der Waals surface area (Å²) in [4.78, 5) is 0. The first kappa shape index (κ1) is 9.90. The lowest BCUT2D eigenvalue weighted by Gasteiger charge is -2.23. The molecule has 1 rings (SSSR count). The van der Waals surface area contributed by atoms with Crippen LogP contribution in [0, 0.1) is 0 Å². The molecule has 0 aliphatic heterocycles. The number of hydrogen-bond donors (Lipinski definition) is 1. The van der Waals surface area contributed by atoms with Crippen LogP contribution in [0.3, 0.4) is 0 Å². The van der Waals surface area contributed by atoms with Crippen LogP contribution in [0.15, 0.2) is 0 Å². The standard InChI is InChI=1S/C9H17F2N/c1-3-7(2)12-8-5-4-6-9(8,10)11/h7-8,12H,3-6H2,1-2H3. The van der Waals surface area contributed by atoms with E-state index in [1.165, 1.54) is 0 Å². The average Bonchev–Trinajstić information content (AvgIpc) is 2.31. The molecule has 1 fully saturated rings. The van der Waals surface area contributed by atoms with E-state index in [1.807, 2.05) is 13.8 Å². The van der Waals surface area contributed by atoms with E-state index in [1.54, 1.807) is 0 Å². The molecular weight excluding hydrogens is 160 g/mol.